The van der Waals surface area contributed by atoms with Gasteiger partial charge in [-0.15, -0.1) is 0 Å². The highest BCUT2D eigenvalue weighted by Gasteiger charge is 2.09. The minimum Gasteiger partial charge on any atom is -0.459 e. The second kappa shape index (κ2) is 5.16. The minimum atomic E-state index is -0.339. The first-order valence-corrected chi connectivity index (χ1v) is 4.88. The molecular weight excluding hydrogens is 190 g/mol. The number of hydrogen-bond donors (Lipinski definition) is 0. The third-order valence-corrected chi connectivity index (χ3v) is 2.13. The molecule has 0 aliphatic carbocycles. The lowest BCUT2D eigenvalue weighted by atomic mass is 10.1. The molecule has 3 nitrogen and oxygen atoms in total. The number of esters is 1. The monoisotopic (exact) mass is 203 g/mol. The van der Waals surface area contributed by atoms with E-state index in [0.29, 0.717) is 11.1 Å². The fourth-order valence-corrected chi connectivity index (χ4v) is 1.01. The summed E-state index contributed by atoms with van der Waals surface area (Å²) < 4.78 is 5.14. The van der Waals surface area contributed by atoms with Gasteiger partial charge in [0.05, 0.1) is 23.3 Å². The van der Waals surface area contributed by atoms with Crippen molar-refractivity contribution >= 4 is 5.97 Å². The first-order valence-electron chi connectivity index (χ1n) is 4.88. The molecule has 0 amide bonds. The molecule has 1 rings (SSSR count). The normalized spacial score (nSPS) is 11.5. The molecule has 0 heterocycles. The van der Waals surface area contributed by atoms with Crippen LogP contribution in [0.2, 0.25) is 0 Å². The van der Waals surface area contributed by atoms with Gasteiger partial charge in [0.2, 0.25) is 0 Å². The fourth-order valence-electron chi connectivity index (χ4n) is 1.01. The molecule has 0 aromatic heterocycles. The van der Waals surface area contributed by atoms with Gasteiger partial charge in [0.15, 0.2) is 0 Å². The van der Waals surface area contributed by atoms with Gasteiger partial charge < -0.3 is 4.74 Å². The Morgan fingerprint density at radius 1 is 1.47 bits per heavy atom. The number of hydrogen-bond acceptors (Lipinski definition) is 3. The Kier molecular flexibility index (Phi) is 3.87. The fraction of sp³-hybridized carbons (Fsp3) is 0.333. The van der Waals surface area contributed by atoms with Crippen molar-refractivity contribution in [1.29, 1.82) is 5.26 Å². The van der Waals surface area contributed by atoms with Gasteiger partial charge >= 0.3 is 5.97 Å². The number of nitrogens with zero attached hydrogens (tertiary/aromatic N) is 1. The van der Waals surface area contributed by atoms with Gasteiger partial charge in [-0.1, -0.05) is 6.92 Å². The van der Waals surface area contributed by atoms with Gasteiger partial charge in [0, 0.05) is 0 Å². The van der Waals surface area contributed by atoms with E-state index in [1.54, 1.807) is 24.3 Å². The molecule has 0 saturated carbocycles. The summed E-state index contributed by atoms with van der Waals surface area (Å²) >= 11 is 0. The molecule has 15 heavy (non-hydrogen) atoms. The Balaban J connectivity index is 2.71. The smallest absolute Gasteiger partial charge is 0.338 e. The SMILES string of the molecule is CC[C@H](C)OC(=O)c1ccc(C#N)cc1. The van der Waals surface area contributed by atoms with Crippen LogP contribution in [0.25, 0.3) is 0 Å². The minimum absolute atomic E-state index is 0.0758. The van der Waals surface area contributed by atoms with Crippen LogP contribution in [0.5, 0.6) is 0 Å². The Hall–Kier alpha value is -1.82. The zero-order valence-electron chi connectivity index (χ0n) is 8.86. The highest BCUT2D eigenvalue weighted by atomic mass is 16.5. The number of ether oxygens (including phenoxy) is 1. The molecule has 0 fully saturated rings. The van der Waals surface area contributed by atoms with E-state index in [1.807, 2.05) is 19.9 Å². The second-order valence-electron chi connectivity index (χ2n) is 3.31. The van der Waals surface area contributed by atoms with Gasteiger partial charge in [-0.3, -0.25) is 0 Å². The number of nitriles is 1. The van der Waals surface area contributed by atoms with Crippen LogP contribution in [0.15, 0.2) is 24.3 Å². The number of carbonyl (C=O) groups excluding carboxylic acids is 1. The van der Waals surface area contributed by atoms with E-state index in [0.717, 1.165) is 6.42 Å². The molecule has 0 saturated heterocycles. The summed E-state index contributed by atoms with van der Waals surface area (Å²) in [6.07, 6.45) is 0.718. The van der Waals surface area contributed by atoms with Crippen molar-refractivity contribution in [1.82, 2.24) is 0 Å². The summed E-state index contributed by atoms with van der Waals surface area (Å²) in [5.41, 5.74) is 1.02. The summed E-state index contributed by atoms with van der Waals surface area (Å²) in [4.78, 5) is 11.5. The average Bonchev–Trinajstić information content (AvgIpc) is 2.29. The van der Waals surface area contributed by atoms with Crippen LogP contribution in [0.4, 0.5) is 0 Å². The van der Waals surface area contributed by atoms with E-state index in [2.05, 4.69) is 0 Å². The van der Waals surface area contributed by atoms with Gasteiger partial charge in [-0.25, -0.2) is 4.79 Å². The zero-order valence-corrected chi connectivity index (χ0v) is 8.86. The second-order valence-corrected chi connectivity index (χ2v) is 3.31. The maximum atomic E-state index is 11.5. The molecule has 1 atom stereocenters. The lowest BCUT2D eigenvalue weighted by Crippen LogP contribution is -2.13. The lowest BCUT2D eigenvalue weighted by molar-refractivity contribution is 0.0334. The predicted octanol–water partition coefficient (Wildman–Crippen LogP) is 2.51. The molecule has 0 aliphatic rings. The molecule has 0 N–H and O–H groups in total. The predicted molar refractivity (Wildman–Crippen MR) is 56.3 cm³/mol. The topological polar surface area (TPSA) is 50.1 Å². The van der Waals surface area contributed by atoms with Gasteiger partial charge in [-0.2, -0.15) is 5.26 Å². The largest absolute Gasteiger partial charge is 0.459 e. The van der Waals surface area contributed by atoms with Crippen molar-refractivity contribution < 1.29 is 9.53 Å². The van der Waals surface area contributed by atoms with E-state index in [4.69, 9.17) is 10.00 Å². The van der Waals surface area contributed by atoms with Crippen LogP contribution in [-0.4, -0.2) is 12.1 Å². The van der Waals surface area contributed by atoms with Crippen LogP contribution >= 0.6 is 0 Å². The molecule has 78 valence electrons. The lowest BCUT2D eigenvalue weighted by Gasteiger charge is -2.10. The quantitative estimate of drug-likeness (QED) is 0.709. The summed E-state index contributed by atoms with van der Waals surface area (Å²) in [5.74, 6) is -0.339. The molecular formula is C12H13NO2. The van der Waals surface area contributed by atoms with Crippen molar-refractivity contribution in [2.75, 3.05) is 0 Å². The van der Waals surface area contributed by atoms with E-state index >= 15 is 0 Å². The molecule has 0 radical (unpaired) electrons. The van der Waals surface area contributed by atoms with Crippen molar-refractivity contribution in [3.8, 4) is 6.07 Å². The Morgan fingerprint density at radius 2 is 2.07 bits per heavy atom. The standard InChI is InChI=1S/C12H13NO2/c1-3-9(2)15-12(14)11-6-4-10(8-13)5-7-11/h4-7,9H,3H2,1-2H3/t9-/m0/s1. The highest BCUT2D eigenvalue weighted by molar-refractivity contribution is 5.89. The van der Waals surface area contributed by atoms with Crippen LogP contribution in [0.3, 0.4) is 0 Å². The van der Waals surface area contributed by atoms with E-state index in [-0.39, 0.29) is 12.1 Å². The summed E-state index contributed by atoms with van der Waals surface area (Å²) in [6, 6.07) is 8.40. The van der Waals surface area contributed by atoms with E-state index < -0.39 is 0 Å². The van der Waals surface area contributed by atoms with Crippen LogP contribution in [0.1, 0.15) is 36.2 Å². The van der Waals surface area contributed by atoms with Crippen molar-refractivity contribution in [3.05, 3.63) is 35.4 Å². The maximum absolute atomic E-state index is 11.5. The Bertz CT molecular complexity index is 376. The highest BCUT2D eigenvalue weighted by Crippen LogP contribution is 2.07. The number of rotatable bonds is 3. The van der Waals surface area contributed by atoms with Crippen molar-refractivity contribution in [2.24, 2.45) is 0 Å². The third-order valence-electron chi connectivity index (χ3n) is 2.13. The third kappa shape index (κ3) is 3.10. The van der Waals surface area contributed by atoms with Crippen LogP contribution < -0.4 is 0 Å². The summed E-state index contributed by atoms with van der Waals surface area (Å²) in [6.45, 7) is 3.80. The molecule has 0 bridgehead atoms. The summed E-state index contributed by atoms with van der Waals surface area (Å²) in [5, 5.41) is 8.58. The zero-order chi connectivity index (χ0) is 11.3. The first kappa shape index (κ1) is 11.3. The van der Waals surface area contributed by atoms with Crippen molar-refractivity contribution in [3.63, 3.8) is 0 Å². The van der Waals surface area contributed by atoms with Gasteiger partial charge in [-0.05, 0) is 37.6 Å². The first-order chi connectivity index (χ1) is 7.17. The van der Waals surface area contributed by atoms with Gasteiger partial charge in [0.25, 0.3) is 0 Å². The van der Waals surface area contributed by atoms with E-state index in [1.165, 1.54) is 0 Å². The molecule has 1 aromatic rings. The molecule has 0 unspecified atom stereocenters. The summed E-state index contributed by atoms with van der Waals surface area (Å²) in [7, 11) is 0. The van der Waals surface area contributed by atoms with E-state index in [9.17, 15) is 4.79 Å². The maximum Gasteiger partial charge on any atom is 0.338 e. The number of carbonyl (C=O) groups is 1. The van der Waals surface area contributed by atoms with Crippen LogP contribution in [-0.2, 0) is 4.74 Å². The average molecular weight is 203 g/mol. The Morgan fingerprint density at radius 3 is 2.53 bits per heavy atom. The van der Waals surface area contributed by atoms with Crippen LogP contribution in [0, 0.1) is 11.3 Å². The molecule has 3 heteroatoms. The van der Waals surface area contributed by atoms with Gasteiger partial charge in [0.1, 0.15) is 0 Å². The number of benzene rings is 1. The molecule has 1 aromatic carbocycles. The molecule has 0 spiro atoms. The van der Waals surface area contributed by atoms with Crippen molar-refractivity contribution in [2.45, 2.75) is 26.4 Å². The Labute approximate surface area is 89.3 Å². The molecule has 0 aliphatic heterocycles.